The van der Waals surface area contributed by atoms with Crippen LogP contribution in [-0.2, 0) is 27.2 Å². The van der Waals surface area contributed by atoms with Gasteiger partial charge in [-0.2, -0.15) is 5.26 Å². The average Bonchev–Trinajstić information content (AvgIpc) is 3.04. The van der Waals surface area contributed by atoms with Crippen LogP contribution in [0.1, 0.15) is 11.1 Å². The third-order valence-corrected chi connectivity index (χ3v) is 6.29. The molecule has 2 aliphatic heterocycles. The molecule has 1 atom stereocenters. The zero-order chi connectivity index (χ0) is 23.0. The topological polar surface area (TPSA) is 85.7 Å². The van der Waals surface area contributed by atoms with Crippen molar-refractivity contribution < 1.29 is 18.7 Å². The van der Waals surface area contributed by atoms with Crippen molar-refractivity contribution in [1.82, 2.24) is 10.2 Å². The number of ether oxygens (including phenoxy) is 1. The summed E-state index contributed by atoms with van der Waals surface area (Å²) in [6.45, 7) is 0.885. The van der Waals surface area contributed by atoms with Gasteiger partial charge in [0.1, 0.15) is 11.9 Å². The number of hydrogen-bond acceptors (Lipinski definition) is 5. The Bertz CT molecular complexity index is 1120. The maximum atomic E-state index is 14.9. The van der Waals surface area contributed by atoms with Gasteiger partial charge in [-0.1, -0.05) is 24.3 Å². The SMILES string of the molecule is COC1(C(=O)NC(C#N)Cc2ccc(-c3ccc4c(c3)N(C)C(=O)C4)cc2F)CN(C)C1. The van der Waals surface area contributed by atoms with E-state index < -0.39 is 17.5 Å². The number of nitrogens with zero attached hydrogens (tertiary/aromatic N) is 3. The summed E-state index contributed by atoms with van der Waals surface area (Å²) in [6.07, 6.45) is 0.423. The fraction of sp³-hybridized carbons (Fsp3) is 0.375. The lowest BCUT2D eigenvalue weighted by atomic mass is 9.92. The van der Waals surface area contributed by atoms with Gasteiger partial charge in [-0.25, -0.2) is 4.39 Å². The molecule has 0 saturated carbocycles. The van der Waals surface area contributed by atoms with Crippen molar-refractivity contribution in [2.45, 2.75) is 24.5 Å². The Morgan fingerprint density at radius 2 is 1.94 bits per heavy atom. The molecule has 2 heterocycles. The molecule has 0 bridgehead atoms. The number of amides is 2. The Kier molecular flexibility index (Phi) is 5.71. The number of anilines is 1. The summed E-state index contributed by atoms with van der Waals surface area (Å²) in [5, 5.41) is 12.2. The second-order valence-corrected chi connectivity index (χ2v) is 8.51. The zero-order valence-corrected chi connectivity index (χ0v) is 18.3. The molecule has 1 unspecified atom stereocenters. The van der Waals surface area contributed by atoms with Crippen LogP contribution in [-0.4, -0.2) is 62.7 Å². The Morgan fingerprint density at radius 1 is 1.25 bits per heavy atom. The number of hydrogen-bond donors (Lipinski definition) is 1. The van der Waals surface area contributed by atoms with Crippen LogP contribution in [0.5, 0.6) is 0 Å². The van der Waals surface area contributed by atoms with Gasteiger partial charge in [-0.3, -0.25) is 14.5 Å². The van der Waals surface area contributed by atoms with E-state index in [0.717, 1.165) is 16.8 Å². The van der Waals surface area contributed by atoms with Gasteiger partial charge in [0.25, 0.3) is 5.91 Å². The second-order valence-electron chi connectivity index (χ2n) is 8.51. The van der Waals surface area contributed by atoms with Gasteiger partial charge in [0.2, 0.25) is 5.91 Å². The number of rotatable bonds is 6. The van der Waals surface area contributed by atoms with Crippen LogP contribution >= 0.6 is 0 Å². The maximum Gasteiger partial charge on any atom is 0.255 e. The first-order chi connectivity index (χ1) is 15.3. The van der Waals surface area contributed by atoms with Gasteiger partial charge >= 0.3 is 0 Å². The van der Waals surface area contributed by atoms with Crippen molar-refractivity contribution >= 4 is 17.5 Å². The number of nitrogens with one attached hydrogen (secondary N) is 1. The van der Waals surface area contributed by atoms with Crippen LogP contribution in [0.3, 0.4) is 0 Å². The van der Waals surface area contributed by atoms with Gasteiger partial charge in [-0.05, 0) is 41.4 Å². The van der Waals surface area contributed by atoms with Crippen molar-refractivity contribution in [2.75, 3.05) is 39.2 Å². The van der Waals surface area contributed by atoms with Gasteiger partial charge in [-0.15, -0.1) is 0 Å². The molecule has 1 N–H and O–H groups in total. The van der Waals surface area contributed by atoms with Gasteiger partial charge in [0.05, 0.1) is 12.5 Å². The number of fused-ring (bicyclic) bond motifs is 1. The molecule has 2 amide bonds. The molecule has 166 valence electrons. The predicted molar refractivity (Wildman–Crippen MR) is 117 cm³/mol. The second kappa shape index (κ2) is 8.34. The first-order valence-electron chi connectivity index (χ1n) is 10.4. The minimum absolute atomic E-state index is 0.0343. The first-order valence-corrected chi connectivity index (χ1v) is 10.4. The molecule has 2 aromatic carbocycles. The zero-order valence-electron chi connectivity index (χ0n) is 18.3. The van der Waals surface area contributed by atoms with E-state index in [9.17, 15) is 19.2 Å². The fourth-order valence-electron chi connectivity index (χ4n) is 4.34. The number of likely N-dealkylation sites (N-methyl/N-ethyl adjacent to an activating group) is 2. The molecular formula is C24H25FN4O3. The number of carbonyl (C=O) groups excluding carboxylic acids is 2. The van der Waals surface area contributed by atoms with E-state index in [1.807, 2.05) is 36.2 Å². The summed E-state index contributed by atoms with van der Waals surface area (Å²) in [5.41, 5.74) is 2.64. The van der Waals surface area contributed by atoms with E-state index in [1.54, 1.807) is 24.1 Å². The highest BCUT2D eigenvalue weighted by atomic mass is 19.1. The molecule has 2 aliphatic rings. The Morgan fingerprint density at radius 3 is 2.56 bits per heavy atom. The molecule has 1 fully saturated rings. The quantitative estimate of drug-likeness (QED) is 0.748. The lowest BCUT2D eigenvalue weighted by Crippen LogP contribution is -2.69. The number of halogens is 1. The van der Waals surface area contributed by atoms with Crippen molar-refractivity contribution in [3.63, 3.8) is 0 Å². The highest BCUT2D eigenvalue weighted by molar-refractivity contribution is 6.01. The highest BCUT2D eigenvalue weighted by Crippen LogP contribution is 2.33. The molecule has 0 spiro atoms. The summed E-state index contributed by atoms with van der Waals surface area (Å²) in [6, 6.07) is 11.6. The third kappa shape index (κ3) is 3.85. The molecule has 32 heavy (non-hydrogen) atoms. The number of nitriles is 1. The number of methoxy groups -OCH3 is 1. The highest BCUT2D eigenvalue weighted by Gasteiger charge is 2.48. The molecule has 1 saturated heterocycles. The summed E-state index contributed by atoms with van der Waals surface area (Å²) in [4.78, 5) is 28.1. The third-order valence-electron chi connectivity index (χ3n) is 6.29. The summed E-state index contributed by atoms with van der Waals surface area (Å²) >= 11 is 0. The van der Waals surface area contributed by atoms with E-state index >= 15 is 0 Å². The van der Waals surface area contributed by atoms with Crippen molar-refractivity contribution in [3.8, 4) is 17.2 Å². The Hall–Kier alpha value is -3.28. The first kappa shape index (κ1) is 21.9. The van der Waals surface area contributed by atoms with Gasteiger partial charge in [0.15, 0.2) is 5.60 Å². The maximum absolute atomic E-state index is 14.9. The standard InChI is InChI=1S/C24H25FN4O3/c1-28-13-24(14-28,32-3)23(31)27-19(12-26)8-17-6-4-15(9-20(17)25)16-5-7-18-11-22(30)29(2)21(18)10-16/h4-7,9-10,19H,8,11,13-14H2,1-3H3,(H,27,31). The lowest BCUT2D eigenvalue weighted by molar-refractivity contribution is -0.164. The lowest BCUT2D eigenvalue weighted by Gasteiger charge is -2.45. The molecule has 4 rings (SSSR count). The number of likely N-dealkylation sites (tertiary alicyclic amines) is 1. The molecule has 7 nitrogen and oxygen atoms in total. The minimum Gasteiger partial charge on any atom is -0.366 e. The minimum atomic E-state index is -0.964. The summed E-state index contributed by atoms with van der Waals surface area (Å²) in [5.74, 6) is -0.780. The number of carbonyl (C=O) groups is 2. The van der Waals surface area contributed by atoms with E-state index in [-0.39, 0.29) is 18.2 Å². The summed E-state index contributed by atoms with van der Waals surface area (Å²) < 4.78 is 20.3. The van der Waals surface area contributed by atoms with Gasteiger partial charge in [0, 0.05) is 39.4 Å². The van der Waals surface area contributed by atoms with Crippen LogP contribution in [0.15, 0.2) is 36.4 Å². The van der Waals surface area contributed by atoms with Crippen LogP contribution in [0, 0.1) is 17.1 Å². The van der Waals surface area contributed by atoms with Crippen LogP contribution in [0.25, 0.3) is 11.1 Å². The van der Waals surface area contributed by atoms with Crippen molar-refractivity contribution in [1.29, 1.82) is 5.26 Å². The number of benzene rings is 2. The molecule has 2 aromatic rings. The fourth-order valence-corrected chi connectivity index (χ4v) is 4.34. The monoisotopic (exact) mass is 436 g/mol. The predicted octanol–water partition coefficient (Wildman–Crippen LogP) is 1.89. The van der Waals surface area contributed by atoms with Crippen molar-refractivity contribution in [2.24, 2.45) is 0 Å². The smallest absolute Gasteiger partial charge is 0.255 e. The molecule has 0 radical (unpaired) electrons. The van der Waals surface area contributed by atoms with Crippen LogP contribution < -0.4 is 10.2 Å². The summed E-state index contributed by atoms with van der Waals surface area (Å²) in [7, 11) is 5.08. The van der Waals surface area contributed by atoms with Crippen LogP contribution in [0.2, 0.25) is 0 Å². The van der Waals surface area contributed by atoms with E-state index in [1.165, 1.54) is 13.2 Å². The Balaban J connectivity index is 1.48. The molecule has 0 aromatic heterocycles. The molecule has 8 heteroatoms. The normalized spacial score (nSPS) is 18.0. The van der Waals surface area contributed by atoms with E-state index in [4.69, 9.17) is 4.74 Å². The largest absolute Gasteiger partial charge is 0.366 e. The Labute approximate surface area is 186 Å². The molecular weight excluding hydrogens is 411 g/mol. The molecule has 0 aliphatic carbocycles. The van der Waals surface area contributed by atoms with E-state index in [0.29, 0.717) is 30.6 Å². The van der Waals surface area contributed by atoms with Gasteiger partial charge < -0.3 is 15.0 Å². The van der Waals surface area contributed by atoms with Crippen molar-refractivity contribution in [3.05, 3.63) is 53.3 Å². The van der Waals surface area contributed by atoms with Crippen LogP contribution in [0.4, 0.5) is 10.1 Å². The average molecular weight is 436 g/mol. The van der Waals surface area contributed by atoms with E-state index in [2.05, 4.69) is 5.32 Å².